The fourth-order valence-electron chi connectivity index (χ4n) is 0. The molecule has 0 aliphatic heterocycles. The van der Waals surface area contributed by atoms with Crippen molar-refractivity contribution in [2.45, 2.75) is 0 Å². The van der Waals surface area contributed by atoms with E-state index in [1.165, 1.54) is 0 Å². The summed E-state index contributed by atoms with van der Waals surface area (Å²) in [5, 5.41) is 0. The summed E-state index contributed by atoms with van der Waals surface area (Å²) in [7, 11) is 0. The molecule has 0 amide bonds. The molecule has 0 N–H and O–H groups in total. The SMILES string of the molecule is BrOBr.[BiH3].[Fe].[Ti]. The second-order valence-corrected chi connectivity index (χ2v) is 1.57. The summed E-state index contributed by atoms with van der Waals surface area (Å²) < 4.78 is 3.88. The van der Waals surface area contributed by atoms with Crippen molar-refractivity contribution in [1.82, 2.24) is 0 Å². The summed E-state index contributed by atoms with van der Waals surface area (Å²) in [5.74, 6) is 0. The Labute approximate surface area is 98.7 Å². The quantitative estimate of drug-likeness (QED) is 0.447. The predicted octanol–water partition coefficient (Wildman–Crippen LogP) is 0.434. The second kappa shape index (κ2) is 24.4. The molecule has 0 bridgehead atoms. The van der Waals surface area contributed by atoms with E-state index in [2.05, 4.69) is 35.4 Å². The van der Waals surface area contributed by atoms with Crippen LogP contribution in [-0.4, -0.2) is 26.2 Å². The van der Waals surface area contributed by atoms with Gasteiger partial charge < -0.3 is 0 Å². The summed E-state index contributed by atoms with van der Waals surface area (Å²) in [5.41, 5.74) is 0. The Hall–Kier alpha value is 3.04. The molecule has 0 unspecified atom stereocenters. The number of hydrogen-bond acceptors (Lipinski definition) is 1. The van der Waals surface area contributed by atoms with Crippen molar-refractivity contribution in [3.63, 3.8) is 0 Å². The Kier molecular flexibility index (Phi) is 93.6. The Balaban J connectivity index is -0.00000000667. The van der Waals surface area contributed by atoms with E-state index < -0.39 is 0 Å². The minimum atomic E-state index is 0. The van der Waals surface area contributed by atoms with Crippen molar-refractivity contribution in [2.75, 3.05) is 0 Å². The van der Waals surface area contributed by atoms with E-state index in [4.69, 9.17) is 0 Å². The molecule has 0 aromatic heterocycles. The van der Waals surface area contributed by atoms with Crippen LogP contribution in [0.4, 0.5) is 0 Å². The van der Waals surface area contributed by atoms with E-state index >= 15 is 0 Å². The van der Waals surface area contributed by atoms with Crippen LogP contribution in [0.15, 0.2) is 0 Å². The van der Waals surface area contributed by atoms with Crippen LogP contribution in [0.25, 0.3) is 0 Å². The van der Waals surface area contributed by atoms with Gasteiger partial charge in [-0.25, -0.2) is 2.92 Å². The van der Waals surface area contributed by atoms with Crippen molar-refractivity contribution >= 4 is 58.7 Å². The molecule has 0 aliphatic rings. The topological polar surface area (TPSA) is 9.23 Å². The average Bonchev–Trinajstić information content (AvgIpc) is 0.918. The van der Waals surface area contributed by atoms with E-state index in [0.717, 1.165) is 0 Å². The molecule has 0 rings (SSSR count). The first-order chi connectivity index (χ1) is 1.41. The standard InChI is InChI=1S/Bi.Br2O.Fe.Ti.3H/c;1-3-2;;;;;. The van der Waals surface area contributed by atoms with E-state index in [-0.39, 0.29) is 65.0 Å². The van der Waals surface area contributed by atoms with Crippen LogP contribution < -0.4 is 0 Å². The molecule has 6 heteroatoms. The Bertz CT molecular complexity index is 13.5. The molecule has 6 heavy (non-hydrogen) atoms. The normalized spacial score (nSPS) is 3.00. The Morgan fingerprint density at radius 2 is 1.17 bits per heavy atom. The van der Waals surface area contributed by atoms with Crippen LogP contribution in [0.3, 0.4) is 0 Å². The predicted molar refractivity (Wildman–Crippen MR) is 28.9 cm³/mol. The van der Waals surface area contributed by atoms with Crippen molar-refractivity contribution in [3.05, 3.63) is 0 Å². The molecule has 0 aliphatic carbocycles. The molecule has 0 aromatic rings. The number of hydrogen-bond donors (Lipinski definition) is 0. The molecule has 0 saturated heterocycles. The van der Waals surface area contributed by atoms with Crippen LogP contribution in [0.2, 0.25) is 0 Å². The molecule has 0 spiro atoms. The third-order valence-corrected chi connectivity index (χ3v) is 0. The van der Waals surface area contributed by atoms with Crippen LogP contribution in [0.5, 0.6) is 0 Å². The maximum Gasteiger partial charge on any atom is 0 e. The molecule has 0 heterocycles. The zero-order chi connectivity index (χ0) is 2.71. The van der Waals surface area contributed by atoms with Gasteiger partial charge in [0.05, 0.1) is 0 Å². The van der Waals surface area contributed by atoms with Gasteiger partial charge >= 0.3 is 26.2 Å². The zero-order valence-electron chi connectivity index (χ0n) is 2.72. The van der Waals surface area contributed by atoms with Crippen LogP contribution >= 0.6 is 32.5 Å². The fraction of sp³-hybridized carbons (Fsp3) is 0. The van der Waals surface area contributed by atoms with E-state index in [9.17, 15) is 0 Å². The first-order valence-electron chi connectivity index (χ1n) is 0.309. The Morgan fingerprint density at radius 1 is 1.17 bits per heavy atom. The smallest absolute Gasteiger partial charge is 0 e. The molecule has 0 aromatic carbocycles. The number of halogens is 2. The molecule has 40 valence electrons. The molecule has 1 nitrogen and oxygen atoms in total. The summed E-state index contributed by atoms with van der Waals surface area (Å²) in [6.07, 6.45) is 0. The minimum Gasteiger partial charge on any atom is 0 e. The Morgan fingerprint density at radius 3 is 1.17 bits per heavy atom. The van der Waals surface area contributed by atoms with Gasteiger partial charge in [-0.15, -0.1) is 0 Å². The summed E-state index contributed by atoms with van der Waals surface area (Å²) >= 11 is 5.12. The van der Waals surface area contributed by atoms with E-state index in [1.54, 1.807) is 0 Å². The summed E-state index contributed by atoms with van der Waals surface area (Å²) in [6.45, 7) is 0. The van der Waals surface area contributed by atoms with Gasteiger partial charge in [-0.1, -0.05) is 0 Å². The third kappa shape index (κ3) is 27.8. The van der Waals surface area contributed by atoms with E-state index in [1.807, 2.05) is 0 Å². The molecular weight excluding hydrogens is 488 g/mol. The summed E-state index contributed by atoms with van der Waals surface area (Å²) in [6, 6.07) is 0. The van der Waals surface area contributed by atoms with Crippen molar-refractivity contribution in [1.29, 1.82) is 0 Å². The van der Waals surface area contributed by atoms with Gasteiger partial charge in [-0.05, 0) is 0 Å². The minimum absolute atomic E-state index is 0. The first kappa shape index (κ1) is 23.0. The van der Waals surface area contributed by atoms with Crippen LogP contribution in [-0.2, 0) is 41.7 Å². The zero-order valence-corrected chi connectivity index (χ0v) is 14.1. The second-order valence-electron chi connectivity index (χ2n) is 0.0583. The third-order valence-electron chi connectivity index (χ3n) is 0. The first-order valence-corrected chi connectivity index (χ1v) is 1.60. The molecule has 0 radical (unpaired) electrons. The molecular formula is H3BiBr2FeOTi. The fourth-order valence-corrected chi connectivity index (χ4v) is 0. The van der Waals surface area contributed by atoms with E-state index in [0.29, 0.717) is 0 Å². The maximum absolute atomic E-state index is 3.88. The van der Waals surface area contributed by atoms with Crippen LogP contribution in [0.1, 0.15) is 0 Å². The van der Waals surface area contributed by atoms with Gasteiger partial charge in [0.15, 0.2) is 0 Å². The van der Waals surface area contributed by atoms with Gasteiger partial charge in [0.1, 0.15) is 32.5 Å². The van der Waals surface area contributed by atoms with Crippen LogP contribution in [0, 0.1) is 0 Å². The van der Waals surface area contributed by atoms with Gasteiger partial charge in [-0.2, -0.15) is 0 Å². The van der Waals surface area contributed by atoms with Crippen molar-refractivity contribution < 1.29 is 41.7 Å². The molecule has 0 atom stereocenters. The largest absolute Gasteiger partial charge is 0 e. The van der Waals surface area contributed by atoms with Gasteiger partial charge in [0.2, 0.25) is 0 Å². The van der Waals surface area contributed by atoms with Gasteiger partial charge in [0.25, 0.3) is 0 Å². The number of rotatable bonds is 0. The monoisotopic (exact) mass is 490 g/mol. The van der Waals surface area contributed by atoms with Crippen molar-refractivity contribution in [2.24, 2.45) is 0 Å². The molecule has 0 fully saturated rings. The average molecular weight is 492 g/mol. The maximum atomic E-state index is 3.88. The van der Waals surface area contributed by atoms with Crippen molar-refractivity contribution in [3.8, 4) is 0 Å². The summed E-state index contributed by atoms with van der Waals surface area (Å²) in [4.78, 5) is 0. The molecule has 0 saturated carbocycles. The van der Waals surface area contributed by atoms with Gasteiger partial charge in [0, 0.05) is 38.8 Å². The van der Waals surface area contributed by atoms with Gasteiger partial charge in [-0.3, -0.25) is 0 Å².